The summed E-state index contributed by atoms with van der Waals surface area (Å²) in [7, 11) is 5.92. The van der Waals surface area contributed by atoms with E-state index in [0.717, 1.165) is 122 Å². The monoisotopic (exact) mass is 1240 g/mol. The van der Waals surface area contributed by atoms with E-state index >= 15 is 0 Å². The van der Waals surface area contributed by atoms with Crippen LogP contribution in [0.5, 0.6) is 0 Å². The number of carboxylic acid groups (broad SMARTS) is 1. The summed E-state index contributed by atoms with van der Waals surface area (Å²) in [6, 6.07) is 0. The number of allylic oxidation sites excluding steroid dienone is 24. The van der Waals surface area contributed by atoms with E-state index in [1.165, 1.54) is 128 Å². The summed E-state index contributed by atoms with van der Waals surface area (Å²) in [5.74, 6) is -2.30. The number of likely N-dealkylation sites (N-methyl/N-ethyl adjacent to an activating group) is 1. The van der Waals surface area contributed by atoms with E-state index in [1.54, 1.807) is 0 Å². The lowest BCUT2D eigenvalue weighted by Crippen LogP contribution is -2.44. The van der Waals surface area contributed by atoms with Gasteiger partial charge in [-0.15, -0.1) is 0 Å². The zero-order valence-electron chi connectivity index (χ0n) is 57.8. The van der Waals surface area contributed by atoms with E-state index in [1.807, 2.05) is 21.1 Å². The predicted molar refractivity (Wildman–Crippen MR) is 379 cm³/mol. The number of nitrogens with zero attached hydrogens (tertiary/aromatic N) is 1. The Morgan fingerprint density at radius 2 is 0.607 bits per heavy atom. The van der Waals surface area contributed by atoms with Gasteiger partial charge in [-0.2, -0.15) is 0 Å². The average molecular weight is 1240 g/mol. The number of carboxylic acids is 1. The summed E-state index contributed by atoms with van der Waals surface area (Å²) in [5.41, 5.74) is 0. The van der Waals surface area contributed by atoms with Gasteiger partial charge in [0.25, 0.3) is 0 Å². The maximum atomic E-state index is 12.9. The predicted octanol–water partition coefficient (Wildman–Crippen LogP) is 21.4. The Morgan fingerprint density at radius 3 is 0.899 bits per heavy atom. The number of esters is 2. The van der Waals surface area contributed by atoms with Crippen LogP contribution in [0.2, 0.25) is 0 Å². The van der Waals surface area contributed by atoms with E-state index in [-0.39, 0.29) is 38.6 Å². The van der Waals surface area contributed by atoms with Crippen molar-refractivity contribution in [1.82, 2.24) is 0 Å². The highest BCUT2D eigenvalue weighted by Crippen LogP contribution is 2.17. The van der Waals surface area contributed by atoms with Gasteiger partial charge in [-0.25, -0.2) is 0 Å². The van der Waals surface area contributed by atoms with E-state index in [9.17, 15) is 19.5 Å². The SMILES string of the molecule is CC/C=C\C/C=C\C/C=C\C/C=C\C/C=C\C/C=C\C/C=C\C/C=C\CCCCCCCCCCC(=O)OC(COC(=O)CCCCCCCCCCCCCCCCCCCC/C=C\C/C=C\C/C=C\C/C=C\CC)COC(OCC[N+](C)(C)C)C(=O)[O-]. The molecule has 0 saturated heterocycles. The van der Waals surface area contributed by atoms with Crippen molar-refractivity contribution in [3.05, 3.63) is 146 Å². The van der Waals surface area contributed by atoms with Gasteiger partial charge in [0.15, 0.2) is 12.4 Å². The Balaban J connectivity index is 4.15. The third-order valence-electron chi connectivity index (χ3n) is 15.1. The zero-order chi connectivity index (χ0) is 64.7. The summed E-state index contributed by atoms with van der Waals surface area (Å²) in [6.07, 6.45) is 97.8. The molecule has 0 amide bonds. The first-order valence-electron chi connectivity index (χ1n) is 36.0. The summed E-state index contributed by atoms with van der Waals surface area (Å²) >= 11 is 0. The van der Waals surface area contributed by atoms with Gasteiger partial charge in [0.2, 0.25) is 0 Å². The molecule has 9 nitrogen and oxygen atoms in total. The summed E-state index contributed by atoms with van der Waals surface area (Å²) in [5, 5.41) is 11.8. The second-order valence-corrected chi connectivity index (χ2v) is 24.8. The van der Waals surface area contributed by atoms with E-state index in [2.05, 4.69) is 160 Å². The Morgan fingerprint density at radius 1 is 0.337 bits per heavy atom. The average Bonchev–Trinajstić information content (AvgIpc) is 3.64. The number of rotatable bonds is 65. The first kappa shape index (κ1) is 84.2. The Labute approximate surface area is 547 Å². The van der Waals surface area contributed by atoms with Crippen molar-refractivity contribution in [3.63, 3.8) is 0 Å². The van der Waals surface area contributed by atoms with Crippen molar-refractivity contribution in [2.45, 2.75) is 296 Å². The van der Waals surface area contributed by atoms with E-state index in [4.69, 9.17) is 18.9 Å². The highest BCUT2D eigenvalue weighted by molar-refractivity contribution is 5.70. The molecule has 9 heteroatoms. The van der Waals surface area contributed by atoms with Crippen molar-refractivity contribution in [2.75, 3.05) is 47.5 Å². The molecular weight excluding hydrogens is 1100 g/mol. The fraction of sp³-hybridized carbons (Fsp3) is 0.662. The molecule has 0 fully saturated rings. The van der Waals surface area contributed by atoms with Crippen molar-refractivity contribution in [3.8, 4) is 0 Å². The molecule has 0 bridgehead atoms. The number of ether oxygens (including phenoxy) is 4. The van der Waals surface area contributed by atoms with Crippen LogP contribution < -0.4 is 5.11 Å². The first-order chi connectivity index (χ1) is 43.6. The van der Waals surface area contributed by atoms with Gasteiger partial charge in [0, 0.05) is 12.8 Å². The van der Waals surface area contributed by atoms with Crippen molar-refractivity contribution >= 4 is 17.9 Å². The first-order valence-corrected chi connectivity index (χ1v) is 36.0. The molecule has 2 unspecified atom stereocenters. The van der Waals surface area contributed by atoms with Crippen LogP contribution in [0.15, 0.2) is 146 Å². The molecular formula is C80H133NO8. The third kappa shape index (κ3) is 70.5. The smallest absolute Gasteiger partial charge is 0.306 e. The van der Waals surface area contributed by atoms with Gasteiger partial charge in [0.1, 0.15) is 13.2 Å². The molecule has 0 heterocycles. The molecule has 89 heavy (non-hydrogen) atoms. The zero-order valence-corrected chi connectivity index (χ0v) is 57.8. The molecule has 0 aromatic carbocycles. The normalized spacial score (nSPS) is 13.6. The van der Waals surface area contributed by atoms with Gasteiger partial charge in [-0.3, -0.25) is 9.59 Å². The van der Waals surface area contributed by atoms with Crippen molar-refractivity contribution in [2.24, 2.45) is 0 Å². The number of carbonyl (C=O) groups excluding carboxylic acids is 3. The molecule has 0 radical (unpaired) electrons. The molecule has 0 aliphatic carbocycles. The molecule has 0 aliphatic heterocycles. The van der Waals surface area contributed by atoms with Gasteiger partial charge < -0.3 is 33.3 Å². The van der Waals surface area contributed by atoms with Crippen LogP contribution in [-0.4, -0.2) is 82.3 Å². The maximum Gasteiger partial charge on any atom is 0.306 e. The molecule has 0 aromatic rings. The summed E-state index contributed by atoms with van der Waals surface area (Å²) in [4.78, 5) is 37.5. The fourth-order valence-corrected chi connectivity index (χ4v) is 9.66. The van der Waals surface area contributed by atoms with Crippen LogP contribution in [0.1, 0.15) is 284 Å². The number of hydrogen-bond acceptors (Lipinski definition) is 8. The molecule has 0 aromatic heterocycles. The van der Waals surface area contributed by atoms with Crippen LogP contribution in [0.25, 0.3) is 0 Å². The molecule has 0 N–H and O–H groups in total. The topological polar surface area (TPSA) is 111 Å². The minimum Gasteiger partial charge on any atom is -0.545 e. The van der Waals surface area contributed by atoms with Gasteiger partial charge in [-0.05, 0) is 116 Å². The second-order valence-electron chi connectivity index (χ2n) is 24.8. The summed E-state index contributed by atoms with van der Waals surface area (Å²) in [6.45, 7) is 4.52. The molecule has 0 aliphatic rings. The Kier molecular flexibility index (Phi) is 65.3. The minimum atomic E-state index is -1.63. The van der Waals surface area contributed by atoms with Crippen LogP contribution in [0, 0.1) is 0 Å². The Bertz CT molecular complexity index is 1970. The number of unbranched alkanes of at least 4 members (excludes halogenated alkanes) is 26. The molecule has 0 rings (SSSR count). The second kappa shape index (κ2) is 69.1. The number of quaternary nitrogens is 1. The van der Waals surface area contributed by atoms with Gasteiger partial charge >= 0.3 is 11.9 Å². The minimum absolute atomic E-state index is 0.140. The van der Waals surface area contributed by atoms with Crippen molar-refractivity contribution in [1.29, 1.82) is 0 Å². The maximum absolute atomic E-state index is 12.9. The lowest BCUT2D eigenvalue weighted by atomic mass is 10.0. The lowest BCUT2D eigenvalue weighted by Gasteiger charge is -2.26. The molecule has 0 spiro atoms. The molecule has 2 atom stereocenters. The van der Waals surface area contributed by atoms with E-state index in [0.29, 0.717) is 17.4 Å². The fourth-order valence-electron chi connectivity index (χ4n) is 9.66. The highest BCUT2D eigenvalue weighted by Gasteiger charge is 2.22. The quantitative estimate of drug-likeness (QED) is 0.0195. The lowest BCUT2D eigenvalue weighted by molar-refractivity contribution is -0.870. The van der Waals surface area contributed by atoms with Crippen molar-refractivity contribution < 1.29 is 42.9 Å². The van der Waals surface area contributed by atoms with Crippen LogP contribution in [-0.2, 0) is 33.3 Å². The summed E-state index contributed by atoms with van der Waals surface area (Å²) < 4.78 is 22.8. The van der Waals surface area contributed by atoms with Crippen LogP contribution in [0.4, 0.5) is 0 Å². The third-order valence-corrected chi connectivity index (χ3v) is 15.1. The Hall–Kier alpha value is -4.83. The van der Waals surface area contributed by atoms with Gasteiger partial charge in [0.05, 0.1) is 40.3 Å². The number of hydrogen-bond donors (Lipinski definition) is 0. The van der Waals surface area contributed by atoms with Crippen LogP contribution >= 0.6 is 0 Å². The molecule has 506 valence electrons. The number of carbonyl (C=O) groups is 3. The van der Waals surface area contributed by atoms with Gasteiger partial charge in [-0.1, -0.05) is 301 Å². The van der Waals surface area contributed by atoms with Crippen LogP contribution in [0.3, 0.4) is 0 Å². The highest BCUT2D eigenvalue weighted by atomic mass is 16.7. The van der Waals surface area contributed by atoms with E-state index < -0.39 is 24.3 Å². The standard InChI is InChI=1S/C80H133NO8/c1-6-8-10-12-14-16-18-20-22-24-26-28-30-32-34-36-38-39-41-43-45-47-49-51-53-55-57-59-61-63-65-67-69-71-78(83)89-76(75-88-80(79(84)85)86-73-72-81(3,4)5)74-87-77(82)70-68-66-64-62-60-58-56-54-52-50-48-46-44-42-40-37-35-33-31-29-27-25-23-21-19-17-15-13-11-9-7-2/h8-11,14-17,20-23,26-29,32,34,38-39,43,45,49,51,76,80H,6-7,12-13,18-19,24-25,30-31,33,35-37,40-42,44,46-48,50,52-75H2,1-5H3/b10-8-,11-9-,16-14-,17-15-,22-20-,23-21-,28-26-,29-27-,34-32-,39-38-,45-43-,51-49-. The number of aliphatic carboxylic acids is 1. The largest absolute Gasteiger partial charge is 0.545 e. The molecule has 0 saturated carbocycles.